The summed E-state index contributed by atoms with van der Waals surface area (Å²) in [7, 11) is -4.98. The van der Waals surface area contributed by atoms with E-state index in [0.29, 0.717) is 0 Å². The maximum Gasteiger partial charge on any atom is 0.446 e. The molecule has 9 N–H and O–H groups in total. The molecule has 10 atom stereocenters. The minimum atomic E-state index is -4.98. The predicted octanol–water partition coefficient (Wildman–Crippen LogP) is -1.92. The van der Waals surface area contributed by atoms with Crippen molar-refractivity contribution in [1.29, 1.82) is 0 Å². The van der Waals surface area contributed by atoms with Gasteiger partial charge in [0.15, 0.2) is 29.0 Å². The summed E-state index contributed by atoms with van der Waals surface area (Å²) in [6.45, 7) is 0.863. The molecule has 2 saturated heterocycles. The Bertz CT molecular complexity index is 1740. The molecule has 2 aromatic carbocycles. The first-order valence-corrected chi connectivity index (χ1v) is 14.9. The molecule has 0 amide bonds. The van der Waals surface area contributed by atoms with E-state index in [0.717, 1.165) is 30.3 Å². The number of hydrogen-bond donors (Lipinski definition) is 9. The molecule has 2 aliphatic rings. The summed E-state index contributed by atoms with van der Waals surface area (Å²) in [6.07, 6.45) is -15.7. The van der Waals surface area contributed by atoms with Gasteiger partial charge in [-0.2, -0.15) is 8.42 Å². The molecule has 252 valence electrons. The van der Waals surface area contributed by atoms with Gasteiger partial charge in [0.1, 0.15) is 65.2 Å². The highest BCUT2D eigenvalue weighted by atomic mass is 32.3. The Kier molecular flexibility index (Phi) is 9.46. The lowest BCUT2D eigenvalue weighted by molar-refractivity contribution is -0.318. The van der Waals surface area contributed by atoms with E-state index >= 15 is 0 Å². The van der Waals surface area contributed by atoms with Crippen molar-refractivity contribution in [1.82, 2.24) is 0 Å². The van der Waals surface area contributed by atoms with Crippen LogP contribution >= 0.6 is 0 Å². The first-order valence-electron chi connectivity index (χ1n) is 13.5. The summed E-state index contributed by atoms with van der Waals surface area (Å²) in [5, 5.41) is 81.8. The summed E-state index contributed by atoms with van der Waals surface area (Å²) in [5.41, 5.74) is -1.03. The second kappa shape index (κ2) is 12.9. The number of aromatic hydroxyl groups is 2. The molecule has 1 aromatic heterocycles. The van der Waals surface area contributed by atoms with E-state index < -0.39 is 101 Å². The van der Waals surface area contributed by atoms with E-state index in [2.05, 4.69) is 4.18 Å². The molecule has 3 heterocycles. The van der Waals surface area contributed by atoms with E-state index in [-0.39, 0.29) is 28.0 Å². The third kappa shape index (κ3) is 6.89. The third-order valence-corrected chi connectivity index (χ3v) is 7.78. The van der Waals surface area contributed by atoms with E-state index in [4.69, 9.17) is 27.9 Å². The topological polar surface area (TPSA) is 293 Å². The molecule has 0 aliphatic carbocycles. The van der Waals surface area contributed by atoms with Gasteiger partial charge in [-0.1, -0.05) is 0 Å². The van der Waals surface area contributed by atoms with Crippen LogP contribution in [0.2, 0.25) is 0 Å². The summed E-state index contributed by atoms with van der Waals surface area (Å²) >= 11 is 0. The quantitative estimate of drug-likeness (QED) is 0.118. The highest BCUT2D eigenvalue weighted by Gasteiger charge is 2.47. The second-order valence-corrected chi connectivity index (χ2v) is 11.7. The zero-order chi connectivity index (χ0) is 33.7. The standard InChI is InChI=1S/C27H30O18S/c1-9-20(31)22(33)24(35)26(41-9)40-8-18-21(32)23(34)25(36)27(44-18)43-16-4-10(2-3-12(16)28)15-7-14(30)19-13(29)5-11(6-17(19)42-15)45-46(37,38)39/h2-7,9,18,20-29,31-36H,8H2,1H3,(H,37,38,39). The van der Waals surface area contributed by atoms with E-state index in [9.17, 15) is 54.1 Å². The number of fused-ring (bicyclic) bond motifs is 1. The molecule has 5 rings (SSSR count). The average molecular weight is 675 g/mol. The molecular formula is C27H30O18S. The maximum atomic E-state index is 12.8. The molecule has 0 bridgehead atoms. The number of phenols is 2. The van der Waals surface area contributed by atoms with Gasteiger partial charge in [0.2, 0.25) is 6.29 Å². The Balaban J connectivity index is 1.37. The van der Waals surface area contributed by atoms with Crippen molar-refractivity contribution in [3.8, 4) is 34.3 Å². The molecular weight excluding hydrogens is 644 g/mol. The lowest BCUT2D eigenvalue weighted by Crippen LogP contribution is -2.61. The van der Waals surface area contributed by atoms with Crippen molar-refractivity contribution in [3.05, 3.63) is 46.6 Å². The Morgan fingerprint density at radius 1 is 0.804 bits per heavy atom. The van der Waals surface area contributed by atoms with Crippen LogP contribution in [-0.4, -0.2) is 122 Å². The summed E-state index contributed by atoms with van der Waals surface area (Å²) in [6, 6.07) is 6.23. The number of hydrogen-bond acceptors (Lipinski definition) is 17. The fourth-order valence-corrected chi connectivity index (χ4v) is 5.27. The highest BCUT2D eigenvalue weighted by molar-refractivity contribution is 7.81. The van der Waals surface area contributed by atoms with Gasteiger partial charge in [-0.05, 0) is 25.1 Å². The van der Waals surface area contributed by atoms with E-state index in [1.54, 1.807) is 0 Å². The van der Waals surface area contributed by atoms with Crippen LogP contribution in [0.1, 0.15) is 6.92 Å². The largest absolute Gasteiger partial charge is 0.507 e. The third-order valence-electron chi connectivity index (χ3n) is 7.37. The van der Waals surface area contributed by atoms with Crippen LogP contribution in [0, 0.1) is 0 Å². The Morgan fingerprint density at radius 3 is 2.17 bits per heavy atom. The first kappa shape index (κ1) is 33.8. The van der Waals surface area contributed by atoms with Crippen molar-refractivity contribution in [2.24, 2.45) is 0 Å². The van der Waals surface area contributed by atoms with Gasteiger partial charge in [-0.25, -0.2) is 0 Å². The van der Waals surface area contributed by atoms with Gasteiger partial charge >= 0.3 is 10.4 Å². The van der Waals surface area contributed by atoms with Crippen LogP contribution < -0.4 is 14.3 Å². The van der Waals surface area contributed by atoms with Gasteiger partial charge in [-0.3, -0.25) is 9.35 Å². The lowest BCUT2D eigenvalue weighted by atomic mass is 9.98. The molecule has 10 unspecified atom stereocenters. The summed E-state index contributed by atoms with van der Waals surface area (Å²) in [4.78, 5) is 12.8. The van der Waals surface area contributed by atoms with Crippen LogP contribution in [0.5, 0.6) is 23.0 Å². The zero-order valence-corrected chi connectivity index (χ0v) is 24.4. The minimum absolute atomic E-state index is 0.0801. The molecule has 0 saturated carbocycles. The zero-order valence-electron chi connectivity index (χ0n) is 23.6. The Hall–Kier alpha value is -3.60. The Labute approximate surface area is 258 Å². The summed E-state index contributed by atoms with van der Waals surface area (Å²) < 4.78 is 63.1. The molecule has 19 heteroatoms. The van der Waals surface area contributed by atoms with Crippen molar-refractivity contribution in [2.45, 2.75) is 68.3 Å². The van der Waals surface area contributed by atoms with Crippen molar-refractivity contribution >= 4 is 21.4 Å². The minimum Gasteiger partial charge on any atom is -0.507 e. The average Bonchev–Trinajstić information content (AvgIpc) is 2.97. The number of ether oxygens (including phenoxy) is 4. The molecule has 46 heavy (non-hydrogen) atoms. The fourth-order valence-electron chi connectivity index (χ4n) is 4.93. The summed E-state index contributed by atoms with van der Waals surface area (Å²) in [5.74, 6) is -2.32. The molecule has 0 radical (unpaired) electrons. The monoisotopic (exact) mass is 674 g/mol. The molecule has 0 spiro atoms. The van der Waals surface area contributed by atoms with E-state index in [1.807, 2.05) is 0 Å². The van der Waals surface area contributed by atoms with Crippen LogP contribution in [0.3, 0.4) is 0 Å². The van der Waals surface area contributed by atoms with Crippen LogP contribution in [-0.2, 0) is 24.6 Å². The van der Waals surface area contributed by atoms with Gasteiger partial charge in [0.05, 0.1) is 12.7 Å². The maximum absolute atomic E-state index is 12.8. The van der Waals surface area contributed by atoms with Crippen LogP contribution in [0.4, 0.5) is 0 Å². The van der Waals surface area contributed by atoms with Crippen LogP contribution in [0.25, 0.3) is 22.3 Å². The van der Waals surface area contributed by atoms with Gasteiger partial charge in [-0.15, -0.1) is 0 Å². The predicted molar refractivity (Wildman–Crippen MR) is 149 cm³/mol. The van der Waals surface area contributed by atoms with Crippen molar-refractivity contribution < 1.29 is 81.4 Å². The number of aliphatic hydroxyl groups excluding tert-OH is 6. The number of benzene rings is 2. The molecule has 18 nitrogen and oxygen atoms in total. The van der Waals surface area contributed by atoms with Gasteiger partial charge in [0, 0.05) is 23.8 Å². The fraction of sp³-hybridized carbons (Fsp3) is 0.444. The molecule has 3 aromatic rings. The molecule has 2 aliphatic heterocycles. The molecule has 2 fully saturated rings. The normalized spacial score (nSPS) is 31.9. The second-order valence-electron chi connectivity index (χ2n) is 10.6. The van der Waals surface area contributed by atoms with E-state index in [1.165, 1.54) is 13.0 Å². The Morgan fingerprint density at radius 2 is 1.48 bits per heavy atom. The number of aliphatic hydroxyl groups is 6. The smallest absolute Gasteiger partial charge is 0.446 e. The van der Waals surface area contributed by atoms with Crippen LogP contribution in [0.15, 0.2) is 45.6 Å². The first-order chi connectivity index (χ1) is 21.5. The van der Waals surface area contributed by atoms with Crippen molar-refractivity contribution in [3.63, 3.8) is 0 Å². The van der Waals surface area contributed by atoms with Crippen molar-refractivity contribution in [2.75, 3.05) is 6.61 Å². The van der Waals surface area contributed by atoms with Gasteiger partial charge in [0.25, 0.3) is 0 Å². The SMILES string of the molecule is CC1OC(OCC2OC(Oc3cc(-c4cc(=O)c5c(O)cc(OS(=O)(=O)O)cc5o4)ccc3O)C(O)C(O)C2O)C(O)C(O)C1O. The number of rotatable bonds is 8. The number of phenolic OH excluding ortho intramolecular Hbond substituents is 2. The highest BCUT2D eigenvalue weighted by Crippen LogP contribution is 2.37. The van der Waals surface area contributed by atoms with Gasteiger partial charge < -0.3 is 68.4 Å². The lowest BCUT2D eigenvalue weighted by Gasteiger charge is -2.42.